The summed E-state index contributed by atoms with van der Waals surface area (Å²) in [4.78, 5) is 3.69. The third-order valence-corrected chi connectivity index (χ3v) is 4.16. The van der Waals surface area contributed by atoms with Crippen LogP contribution in [0.3, 0.4) is 0 Å². The lowest BCUT2D eigenvalue weighted by Crippen LogP contribution is -2.37. The summed E-state index contributed by atoms with van der Waals surface area (Å²) in [7, 11) is 0. The van der Waals surface area contributed by atoms with E-state index in [9.17, 15) is 5.11 Å². The second-order valence-electron chi connectivity index (χ2n) is 3.76. The average molecular weight is 276 g/mol. The van der Waals surface area contributed by atoms with Crippen LogP contribution in [0.15, 0.2) is 15.9 Å². The number of thiophene rings is 1. The molecule has 0 aromatic carbocycles. The minimum Gasteiger partial charge on any atom is -0.392 e. The molecule has 1 aromatic heterocycles. The smallest absolute Gasteiger partial charge is 0.0667 e. The Balaban J connectivity index is 1.90. The fraction of sp³-hybridized carbons (Fsp3) is 0.600. The summed E-state index contributed by atoms with van der Waals surface area (Å²) in [5.41, 5.74) is 0. The lowest BCUT2D eigenvalue weighted by atomic mass is 10.1. The first-order valence-electron chi connectivity index (χ1n) is 4.87. The van der Waals surface area contributed by atoms with Crippen LogP contribution in [0.2, 0.25) is 0 Å². The summed E-state index contributed by atoms with van der Waals surface area (Å²) in [6.07, 6.45) is 1.96. The molecule has 0 spiro atoms. The monoisotopic (exact) mass is 275 g/mol. The highest BCUT2D eigenvalue weighted by molar-refractivity contribution is 9.10. The Labute approximate surface area is 96.7 Å². The van der Waals surface area contributed by atoms with Crippen LogP contribution < -0.4 is 0 Å². The Hall–Kier alpha value is 0.1000. The zero-order valence-electron chi connectivity index (χ0n) is 7.95. The number of piperidine rings is 1. The lowest BCUT2D eigenvalue weighted by molar-refractivity contribution is 0.0673. The maximum atomic E-state index is 9.52. The SMILES string of the molecule is O[C@H]1CCCN(Cc2cc(Br)cs2)C1. The van der Waals surface area contributed by atoms with E-state index in [1.807, 2.05) is 0 Å². The zero-order valence-corrected chi connectivity index (χ0v) is 10.4. The molecule has 0 unspecified atom stereocenters. The number of hydrogen-bond donors (Lipinski definition) is 1. The van der Waals surface area contributed by atoms with Gasteiger partial charge in [-0.15, -0.1) is 11.3 Å². The van der Waals surface area contributed by atoms with Crippen molar-refractivity contribution in [3.63, 3.8) is 0 Å². The first-order chi connectivity index (χ1) is 6.74. The number of nitrogens with zero attached hydrogens (tertiary/aromatic N) is 1. The third kappa shape index (κ3) is 2.79. The number of halogens is 1. The highest BCUT2D eigenvalue weighted by Crippen LogP contribution is 2.22. The summed E-state index contributed by atoms with van der Waals surface area (Å²) in [5.74, 6) is 0. The summed E-state index contributed by atoms with van der Waals surface area (Å²) in [5, 5.41) is 11.6. The van der Waals surface area contributed by atoms with Crippen molar-refractivity contribution in [2.45, 2.75) is 25.5 Å². The second-order valence-corrected chi connectivity index (χ2v) is 5.67. The van der Waals surface area contributed by atoms with Gasteiger partial charge in [0, 0.05) is 27.8 Å². The van der Waals surface area contributed by atoms with E-state index in [0.29, 0.717) is 0 Å². The van der Waals surface area contributed by atoms with Crippen LogP contribution in [0.5, 0.6) is 0 Å². The van der Waals surface area contributed by atoms with E-state index in [2.05, 4.69) is 32.3 Å². The van der Waals surface area contributed by atoms with E-state index in [-0.39, 0.29) is 6.10 Å². The van der Waals surface area contributed by atoms with Gasteiger partial charge >= 0.3 is 0 Å². The van der Waals surface area contributed by atoms with Crippen LogP contribution in [0.25, 0.3) is 0 Å². The van der Waals surface area contributed by atoms with Crippen molar-refractivity contribution in [3.05, 3.63) is 20.8 Å². The molecule has 0 radical (unpaired) electrons. The lowest BCUT2D eigenvalue weighted by Gasteiger charge is -2.29. The van der Waals surface area contributed by atoms with Crippen molar-refractivity contribution in [1.29, 1.82) is 0 Å². The maximum Gasteiger partial charge on any atom is 0.0667 e. The highest BCUT2D eigenvalue weighted by atomic mass is 79.9. The number of hydrogen-bond acceptors (Lipinski definition) is 3. The van der Waals surface area contributed by atoms with Crippen molar-refractivity contribution < 1.29 is 5.11 Å². The van der Waals surface area contributed by atoms with E-state index in [4.69, 9.17) is 0 Å². The predicted octanol–water partition coefficient (Wildman–Crippen LogP) is 2.47. The van der Waals surface area contributed by atoms with Crippen molar-refractivity contribution in [2.75, 3.05) is 13.1 Å². The molecule has 1 aromatic rings. The molecule has 4 heteroatoms. The van der Waals surface area contributed by atoms with E-state index in [1.165, 1.54) is 4.88 Å². The Morgan fingerprint density at radius 2 is 2.50 bits per heavy atom. The Morgan fingerprint density at radius 3 is 3.14 bits per heavy atom. The minimum absolute atomic E-state index is 0.118. The fourth-order valence-electron chi connectivity index (χ4n) is 1.83. The molecule has 1 aliphatic rings. The van der Waals surface area contributed by atoms with Gasteiger partial charge in [-0.2, -0.15) is 0 Å². The zero-order chi connectivity index (χ0) is 9.97. The van der Waals surface area contributed by atoms with Crippen LogP contribution in [-0.4, -0.2) is 29.2 Å². The molecule has 0 bridgehead atoms. The van der Waals surface area contributed by atoms with Crippen molar-refractivity contribution in [2.24, 2.45) is 0 Å². The summed E-state index contributed by atoms with van der Waals surface area (Å²) in [6.45, 7) is 2.93. The first kappa shape index (κ1) is 10.6. The van der Waals surface area contributed by atoms with Crippen LogP contribution in [-0.2, 0) is 6.54 Å². The molecule has 0 aliphatic carbocycles. The number of likely N-dealkylation sites (tertiary alicyclic amines) is 1. The van der Waals surface area contributed by atoms with Crippen LogP contribution >= 0.6 is 27.3 Å². The molecule has 1 N–H and O–H groups in total. The fourth-order valence-corrected chi connectivity index (χ4v) is 3.32. The van der Waals surface area contributed by atoms with Gasteiger partial charge in [-0.3, -0.25) is 4.90 Å². The van der Waals surface area contributed by atoms with Crippen molar-refractivity contribution in [1.82, 2.24) is 4.90 Å². The van der Waals surface area contributed by atoms with Gasteiger partial charge < -0.3 is 5.11 Å². The van der Waals surface area contributed by atoms with Gasteiger partial charge in [-0.1, -0.05) is 0 Å². The molecule has 0 saturated carbocycles. The number of β-amino-alcohol motifs (C(OH)–C–C–N with tert-alkyl or cyclic N) is 1. The quantitative estimate of drug-likeness (QED) is 0.897. The molecule has 14 heavy (non-hydrogen) atoms. The third-order valence-electron chi connectivity index (χ3n) is 2.48. The van der Waals surface area contributed by atoms with Gasteiger partial charge in [0.2, 0.25) is 0 Å². The predicted molar refractivity (Wildman–Crippen MR) is 62.5 cm³/mol. The molecule has 1 aliphatic heterocycles. The molecular formula is C10H14BrNOS. The molecule has 1 atom stereocenters. The average Bonchev–Trinajstić information content (AvgIpc) is 2.51. The van der Waals surface area contributed by atoms with E-state index in [0.717, 1.165) is 36.9 Å². The molecule has 1 saturated heterocycles. The van der Waals surface area contributed by atoms with Crippen molar-refractivity contribution >= 4 is 27.3 Å². The van der Waals surface area contributed by atoms with Gasteiger partial charge in [0.1, 0.15) is 0 Å². The van der Waals surface area contributed by atoms with Crippen LogP contribution in [0, 0.1) is 0 Å². The standard InChI is InChI=1S/C10H14BrNOS/c11-8-4-10(14-7-8)6-12-3-1-2-9(13)5-12/h4,7,9,13H,1-3,5-6H2/t9-/m0/s1. The Morgan fingerprint density at radius 1 is 1.64 bits per heavy atom. The van der Waals surface area contributed by atoms with Gasteiger partial charge in [0.25, 0.3) is 0 Å². The normalized spacial score (nSPS) is 24.0. The molecule has 1 fully saturated rings. The maximum absolute atomic E-state index is 9.52. The molecule has 2 heterocycles. The number of aliphatic hydroxyl groups excluding tert-OH is 1. The van der Waals surface area contributed by atoms with Gasteiger partial charge in [-0.05, 0) is 41.4 Å². The Kier molecular flexibility index (Phi) is 3.60. The largest absolute Gasteiger partial charge is 0.392 e. The topological polar surface area (TPSA) is 23.5 Å². The molecule has 0 amide bonds. The van der Waals surface area contributed by atoms with E-state index >= 15 is 0 Å². The molecule has 78 valence electrons. The number of rotatable bonds is 2. The highest BCUT2D eigenvalue weighted by Gasteiger charge is 2.17. The second kappa shape index (κ2) is 4.75. The first-order valence-corrected chi connectivity index (χ1v) is 6.54. The van der Waals surface area contributed by atoms with Crippen LogP contribution in [0.4, 0.5) is 0 Å². The Bertz CT molecular complexity index is 302. The van der Waals surface area contributed by atoms with Gasteiger partial charge in [-0.25, -0.2) is 0 Å². The molecule has 2 rings (SSSR count). The minimum atomic E-state index is -0.118. The van der Waals surface area contributed by atoms with Gasteiger partial charge in [0.05, 0.1) is 6.10 Å². The van der Waals surface area contributed by atoms with E-state index < -0.39 is 0 Å². The molecule has 2 nitrogen and oxygen atoms in total. The summed E-state index contributed by atoms with van der Waals surface area (Å²) in [6, 6.07) is 2.16. The summed E-state index contributed by atoms with van der Waals surface area (Å²) >= 11 is 5.23. The summed E-state index contributed by atoms with van der Waals surface area (Å²) < 4.78 is 1.16. The number of aliphatic hydroxyl groups is 1. The van der Waals surface area contributed by atoms with Crippen LogP contribution in [0.1, 0.15) is 17.7 Å². The van der Waals surface area contributed by atoms with Gasteiger partial charge in [0.15, 0.2) is 0 Å². The molecular weight excluding hydrogens is 262 g/mol. The van der Waals surface area contributed by atoms with E-state index in [1.54, 1.807) is 11.3 Å². The van der Waals surface area contributed by atoms with Crippen molar-refractivity contribution in [3.8, 4) is 0 Å².